The van der Waals surface area contributed by atoms with E-state index in [2.05, 4.69) is 25.2 Å². The van der Waals surface area contributed by atoms with Crippen LogP contribution in [0.1, 0.15) is 44.7 Å². The molecule has 1 aliphatic heterocycles. The van der Waals surface area contributed by atoms with Gasteiger partial charge in [0.25, 0.3) is 0 Å². The molecule has 0 radical (unpaired) electrons. The van der Waals surface area contributed by atoms with E-state index in [9.17, 15) is 4.39 Å². The quantitative estimate of drug-likeness (QED) is 0.894. The van der Waals surface area contributed by atoms with Crippen molar-refractivity contribution < 1.29 is 9.13 Å². The summed E-state index contributed by atoms with van der Waals surface area (Å²) < 4.78 is 18.9. The Hall–Kier alpha value is -1.60. The summed E-state index contributed by atoms with van der Waals surface area (Å²) in [5, 5.41) is 12.2. The Morgan fingerprint density at radius 2 is 2.30 bits per heavy atom. The van der Waals surface area contributed by atoms with Crippen LogP contribution in [0.3, 0.4) is 0 Å². The first-order valence-electron chi connectivity index (χ1n) is 7.04. The lowest BCUT2D eigenvalue weighted by atomic mass is 9.87. The van der Waals surface area contributed by atoms with Crippen LogP contribution >= 0.6 is 0 Å². The number of benzene rings is 1. The Morgan fingerprint density at radius 1 is 1.50 bits per heavy atom. The SMILES string of the molecule is CC(C)(CCC#N)CN[C@@H]1CCOc2ccc(F)cc21. The molecule has 0 aromatic heterocycles. The molecule has 0 fully saturated rings. The predicted molar refractivity (Wildman–Crippen MR) is 75.9 cm³/mol. The fraction of sp³-hybridized carbons (Fsp3) is 0.562. The molecule has 4 heteroatoms. The lowest BCUT2D eigenvalue weighted by molar-refractivity contribution is 0.231. The number of rotatable bonds is 5. The molecule has 1 heterocycles. The fourth-order valence-corrected chi connectivity index (χ4v) is 2.46. The van der Waals surface area contributed by atoms with Crippen LogP contribution in [0.2, 0.25) is 0 Å². The van der Waals surface area contributed by atoms with Gasteiger partial charge in [-0.3, -0.25) is 0 Å². The van der Waals surface area contributed by atoms with Crippen LogP contribution < -0.4 is 10.1 Å². The second kappa shape index (κ2) is 6.23. The molecule has 0 bridgehead atoms. The number of nitriles is 1. The van der Waals surface area contributed by atoms with Crippen LogP contribution in [-0.4, -0.2) is 13.2 Å². The molecule has 0 aliphatic carbocycles. The van der Waals surface area contributed by atoms with Crippen LogP contribution in [0.15, 0.2) is 18.2 Å². The van der Waals surface area contributed by atoms with Crippen molar-refractivity contribution in [3.05, 3.63) is 29.6 Å². The molecule has 108 valence electrons. The fourth-order valence-electron chi connectivity index (χ4n) is 2.46. The highest BCUT2D eigenvalue weighted by Crippen LogP contribution is 2.33. The largest absolute Gasteiger partial charge is 0.493 e. The number of hydrogen-bond donors (Lipinski definition) is 1. The van der Waals surface area contributed by atoms with Crippen LogP contribution in [0.25, 0.3) is 0 Å². The maximum Gasteiger partial charge on any atom is 0.124 e. The maximum absolute atomic E-state index is 13.4. The third-order valence-corrected chi connectivity index (χ3v) is 3.75. The molecule has 0 amide bonds. The zero-order chi connectivity index (χ0) is 14.6. The zero-order valence-electron chi connectivity index (χ0n) is 12.1. The van der Waals surface area contributed by atoms with E-state index in [1.807, 2.05) is 0 Å². The first-order chi connectivity index (χ1) is 9.52. The molecule has 0 saturated carbocycles. The van der Waals surface area contributed by atoms with Gasteiger partial charge in [0.15, 0.2) is 0 Å². The van der Waals surface area contributed by atoms with Gasteiger partial charge in [-0.15, -0.1) is 0 Å². The summed E-state index contributed by atoms with van der Waals surface area (Å²) in [5.74, 6) is 0.537. The van der Waals surface area contributed by atoms with Gasteiger partial charge in [-0.25, -0.2) is 4.39 Å². The molecule has 1 aromatic carbocycles. The van der Waals surface area contributed by atoms with Gasteiger partial charge in [0, 0.05) is 31.0 Å². The maximum atomic E-state index is 13.4. The summed E-state index contributed by atoms with van der Waals surface area (Å²) in [6.07, 6.45) is 2.26. The minimum Gasteiger partial charge on any atom is -0.493 e. The molecule has 0 saturated heterocycles. The first-order valence-corrected chi connectivity index (χ1v) is 7.04. The van der Waals surface area contributed by atoms with E-state index in [4.69, 9.17) is 10.00 Å². The van der Waals surface area contributed by atoms with E-state index < -0.39 is 0 Å². The lowest BCUT2D eigenvalue weighted by Gasteiger charge is -2.31. The van der Waals surface area contributed by atoms with E-state index >= 15 is 0 Å². The van der Waals surface area contributed by atoms with Gasteiger partial charge in [-0.1, -0.05) is 13.8 Å². The standard InChI is InChI=1S/C16H21FN2O/c1-16(2,7-3-8-18)11-19-14-6-9-20-15-5-4-12(17)10-13(14)15/h4-5,10,14,19H,3,6-7,9,11H2,1-2H3/t14-/m1/s1. The van der Waals surface area contributed by atoms with Gasteiger partial charge in [0.1, 0.15) is 11.6 Å². The minimum absolute atomic E-state index is 0.0571. The van der Waals surface area contributed by atoms with Gasteiger partial charge in [0.05, 0.1) is 12.7 Å². The van der Waals surface area contributed by atoms with Gasteiger partial charge < -0.3 is 10.1 Å². The van der Waals surface area contributed by atoms with Gasteiger partial charge in [-0.05, 0) is 30.0 Å². The summed E-state index contributed by atoms with van der Waals surface area (Å²) in [4.78, 5) is 0. The molecule has 3 nitrogen and oxygen atoms in total. The van der Waals surface area contributed by atoms with Crippen LogP contribution in [-0.2, 0) is 0 Å². The second-order valence-corrected chi connectivity index (χ2v) is 6.08. The Bertz CT molecular complexity index is 508. The van der Waals surface area contributed by atoms with Crippen molar-refractivity contribution in [1.29, 1.82) is 5.26 Å². The van der Waals surface area contributed by atoms with Gasteiger partial charge >= 0.3 is 0 Å². The predicted octanol–water partition coefficient (Wildman–Crippen LogP) is 3.57. The van der Waals surface area contributed by atoms with Gasteiger partial charge in [-0.2, -0.15) is 5.26 Å². The summed E-state index contributed by atoms with van der Waals surface area (Å²) in [6.45, 7) is 5.73. The Morgan fingerprint density at radius 3 is 3.05 bits per heavy atom. The lowest BCUT2D eigenvalue weighted by Crippen LogP contribution is -2.34. The summed E-state index contributed by atoms with van der Waals surface area (Å²) in [7, 11) is 0. The Kier molecular flexibility index (Phi) is 4.61. The van der Waals surface area contributed by atoms with Crippen molar-refractivity contribution in [2.45, 2.75) is 39.2 Å². The number of hydrogen-bond acceptors (Lipinski definition) is 3. The van der Waals surface area contributed by atoms with E-state index in [1.54, 1.807) is 12.1 Å². The molecule has 1 aliphatic rings. The number of nitrogens with one attached hydrogen (secondary N) is 1. The Balaban J connectivity index is 2.02. The second-order valence-electron chi connectivity index (χ2n) is 6.08. The van der Waals surface area contributed by atoms with Crippen LogP contribution in [0.5, 0.6) is 5.75 Å². The molecular formula is C16H21FN2O. The van der Waals surface area contributed by atoms with Crippen molar-refractivity contribution in [2.24, 2.45) is 5.41 Å². The average Bonchev–Trinajstić information content (AvgIpc) is 2.43. The molecule has 2 rings (SSSR count). The highest BCUT2D eigenvalue weighted by Gasteiger charge is 2.25. The summed E-state index contributed by atoms with van der Waals surface area (Å²) in [5.41, 5.74) is 0.953. The average molecular weight is 276 g/mol. The molecule has 1 N–H and O–H groups in total. The molecule has 0 spiro atoms. The monoisotopic (exact) mass is 276 g/mol. The highest BCUT2D eigenvalue weighted by atomic mass is 19.1. The van der Waals surface area contributed by atoms with Crippen LogP contribution in [0.4, 0.5) is 4.39 Å². The van der Waals surface area contributed by atoms with Crippen molar-refractivity contribution in [1.82, 2.24) is 5.32 Å². The van der Waals surface area contributed by atoms with Crippen molar-refractivity contribution in [3.8, 4) is 11.8 Å². The van der Waals surface area contributed by atoms with Gasteiger partial charge in [0.2, 0.25) is 0 Å². The normalized spacial score (nSPS) is 18.0. The highest BCUT2D eigenvalue weighted by molar-refractivity contribution is 5.38. The molecule has 1 atom stereocenters. The van der Waals surface area contributed by atoms with Crippen LogP contribution in [0, 0.1) is 22.6 Å². The van der Waals surface area contributed by atoms with E-state index in [-0.39, 0.29) is 17.3 Å². The number of ether oxygens (including phenoxy) is 1. The molecule has 1 aromatic rings. The summed E-state index contributed by atoms with van der Waals surface area (Å²) in [6, 6.07) is 6.98. The van der Waals surface area contributed by atoms with E-state index in [0.717, 1.165) is 30.7 Å². The van der Waals surface area contributed by atoms with E-state index in [1.165, 1.54) is 6.07 Å². The molecular weight excluding hydrogens is 255 g/mol. The molecule has 0 unspecified atom stereocenters. The minimum atomic E-state index is -0.232. The third kappa shape index (κ3) is 3.71. The number of halogens is 1. The summed E-state index contributed by atoms with van der Waals surface area (Å²) >= 11 is 0. The van der Waals surface area contributed by atoms with Crippen molar-refractivity contribution in [2.75, 3.05) is 13.2 Å². The number of fused-ring (bicyclic) bond motifs is 1. The smallest absolute Gasteiger partial charge is 0.124 e. The first kappa shape index (κ1) is 14.8. The third-order valence-electron chi connectivity index (χ3n) is 3.75. The van der Waals surface area contributed by atoms with Crippen molar-refractivity contribution >= 4 is 0 Å². The zero-order valence-corrected chi connectivity index (χ0v) is 12.1. The Labute approximate surface area is 119 Å². The number of nitrogens with zero attached hydrogens (tertiary/aromatic N) is 1. The van der Waals surface area contributed by atoms with E-state index in [0.29, 0.717) is 13.0 Å². The van der Waals surface area contributed by atoms with Crippen molar-refractivity contribution in [3.63, 3.8) is 0 Å². The topological polar surface area (TPSA) is 45.0 Å². The molecule has 20 heavy (non-hydrogen) atoms.